The monoisotopic (exact) mass is 459 g/mol. The van der Waals surface area contributed by atoms with Crippen LogP contribution >= 0.6 is 0 Å². The lowest BCUT2D eigenvalue weighted by Crippen LogP contribution is -2.54. The molecule has 1 aromatic heterocycles. The molecule has 1 N–H and O–H groups in total. The maximum absolute atomic E-state index is 13.1. The predicted octanol–water partition coefficient (Wildman–Crippen LogP) is 2.48. The van der Waals surface area contributed by atoms with E-state index in [-0.39, 0.29) is 23.8 Å². The topological polar surface area (TPSA) is 100 Å². The van der Waals surface area contributed by atoms with Crippen LogP contribution in [-0.4, -0.2) is 76.7 Å². The van der Waals surface area contributed by atoms with Gasteiger partial charge in [0.25, 0.3) is 0 Å². The number of aromatic nitrogens is 1. The summed E-state index contributed by atoms with van der Waals surface area (Å²) in [5, 5.41) is 7.12. The summed E-state index contributed by atoms with van der Waals surface area (Å²) in [4.78, 5) is 42.0. The summed E-state index contributed by atoms with van der Waals surface area (Å²) in [5.41, 5.74) is 0.831. The van der Waals surface area contributed by atoms with Gasteiger partial charge in [0.1, 0.15) is 6.61 Å². The zero-order valence-electron chi connectivity index (χ0n) is 17.9. The minimum Gasteiger partial charge on any atom is -0.475 e. The first-order valence-corrected chi connectivity index (χ1v) is 10.4. The van der Waals surface area contributed by atoms with Gasteiger partial charge in [-0.1, -0.05) is 0 Å². The number of likely N-dealkylation sites (tertiary alicyclic amines) is 2. The minimum absolute atomic E-state index is 0.0357. The van der Waals surface area contributed by atoms with Crippen LogP contribution in [0, 0.1) is 5.41 Å². The van der Waals surface area contributed by atoms with Gasteiger partial charge in [-0.05, 0) is 50.3 Å². The molecule has 2 amide bonds. The number of piperidine rings is 2. The summed E-state index contributed by atoms with van der Waals surface area (Å²) >= 11 is 0. The number of rotatable bonds is 5. The van der Waals surface area contributed by atoms with Crippen LogP contribution in [0.4, 0.5) is 13.2 Å². The third kappa shape index (κ3) is 6.91. The van der Waals surface area contributed by atoms with Gasteiger partial charge < -0.3 is 19.6 Å². The van der Waals surface area contributed by atoms with E-state index in [0.29, 0.717) is 26.2 Å². The molecule has 2 saturated heterocycles. The first-order valence-electron chi connectivity index (χ1n) is 10.4. The molecule has 3 rings (SSSR count). The average molecular weight is 459 g/mol. The molecule has 8 nitrogen and oxygen atoms in total. The van der Waals surface area contributed by atoms with Crippen LogP contribution in [-0.2, 0) is 25.7 Å². The van der Waals surface area contributed by atoms with Gasteiger partial charge in [0, 0.05) is 45.2 Å². The number of amides is 2. The van der Waals surface area contributed by atoms with Gasteiger partial charge in [0.15, 0.2) is 0 Å². The highest BCUT2D eigenvalue weighted by molar-refractivity contribution is 5.84. The summed E-state index contributed by atoms with van der Waals surface area (Å²) in [6.45, 7) is 5.35. The first-order chi connectivity index (χ1) is 15.1. The highest BCUT2D eigenvalue weighted by atomic mass is 19.4. The Morgan fingerprint density at radius 2 is 1.75 bits per heavy atom. The Morgan fingerprint density at radius 1 is 1.16 bits per heavy atom. The molecule has 0 saturated carbocycles. The molecule has 0 unspecified atom stereocenters. The van der Waals surface area contributed by atoms with Crippen LogP contribution in [0.25, 0.3) is 0 Å². The second-order valence-electron chi connectivity index (χ2n) is 7.79. The molecular weight excluding hydrogens is 431 g/mol. The maximum Gasteiger partial charge on any atom is 0.490 e. The van der Waals surface area contributed by atoms with Crippen molar-refractivity contribution in [1.82, 2.24) is 14.8 Å². The van der Waals surface area contributed by atoms with Crippen molar-refractivity contribution in [3.05, 3.63) is 30.1 Å². The van der Waals surface area contributed by atoms with E-state index in [0.717, 1.165) is 37.8 Å². The van der Waals surface area contributed by atoms with Gasteiger partial charge in [0.2, 0.25) is 11.8 Å². The molecule has 0 aromatic carbocycles. The summed E-state index contributed by atoms with van der Waals surface area (Å²) in [7, 11) is 0. The molecule has 0 aliphatic carbocycles. The number of hydrogen-bond donors (Lipinski definition) is 1. The van der Waals surface area contributed by atoms with E-state index in [1.165, 1.54) is 0 Å². The van der Waals surface area contributed by atoms with E-state index >= 15 is 0 Å². The first kappa shape index (κ1) is 25.6. The van der Waals surface area contributed by atoms with E-state index in [1.54, 1.807) is 12.4 Å². The number of carbonyl (C=O) groups is 3. The third-order valence-corrected chi connectivity index (χ3v) is 5.69. The lowest BCUT2D eigenvalue weighted by Gasteiger charge is -2.46. The Kier molecular flexibility index (Phi) is 8.99. The fourth-order valence-corrected chi connectivity index (χ4v) is 3.94. The summed E-state index contributed by atoms with van der Waals surface area (Å²) in [6, 6.07) is 3.92. The Bertz CT molecular complexity index is 781. The van der Waals surface area contributed by atoms with E-state index in [4.69, 9.17) is 14.6 Å². The van der Waals surface area contributed by atoms with Gasteiger partial charge in [-0.3, -0.25) is 14.6 Å². The SMILES string of the molecule is CCOCC(=O)N1CCC2(CCCN(Cc3ccncc3)C2=O)CC1.O=C(O)C(F)(F)F. The average Bonchev–Trinajstić information content (AvgIpc) is 2.76. The number of carboxylic acids is 1. The molecule has 11 heteroatoms. The van der Waals surface area contributed by atoms with Crippen molar-refractivity contribution in [2.75, 3.05) is 32.8 Å². The molecule has 0 atom stereocenters. The van der Waals surface area contributed by atoms with Gasteiger partial charge in [-0.2, -0.15) is 13.2 Å². The molecule has 3 heterocycles. The Morgan fingerprint density at radius 3 is 2.28 bits per heavy atom. The largest absolute Gasteiger partial charge is 0.490 e. The number of halogens is 3. The van der Waals surface area contributed by atoms with Crippen molar-refractivity contribution in [3.8, 4) is 0 Å². The second-order valence-corrected chi connectivity index (χ2v) is 7.79. The van der Waals surface area contributed by atoms with Crippen LogP contribution in [0.3, 0.4) is 0 Å². The van der Waals surface area contributed by atoms with Crippen molar-refractivity contribution in [3.63, 3.8) is 0 Å². The van der Waals surface area contributed by atoms with Crippen molar-refractivity contribution in [1.29, 1.82) is 0 Å². The van der Waals surface area contributed by atoms with Gasteiger partial charge in [0.05, 0.1) is 5.41 Å². The molecule has 2 aliphatic heterocycles. The quantitative estimate of drug-likeness (QED) is 0.726. The fourth-order valence-electron chi connectivity index (χ4n) is 3.94. The molecule has 2 fully saturated rings. The number of pyridine rings is 1. The van der Waals surface area contributed by atoms with Crippen LogP contribution in [0.5, 0.6) is 0 Å². The molecule has 0 bridgehead atoms. The predicted molar refractivity (Wildman–Crippen MR) is 107 cm³/mol. The highest BCUT2D eigenvalue weighted by Crippen LogP contribution is 2.41. The van der Waals surface area contributed by atoms with Gasteiger partial charge >= 0.3 is 12.1 Å². The number of alkyl halides is 3. The number of ether oxygens (including phenoxy) is 1. The van der Waals surface area contributed by atoms with Crippen molar-refractivity contribution in [2.24, 2.45) is 5.41 Å². The molecule has 2 aliphatic rings. The molecule has 32 heavy (non-hydrogen) atoms. The number of carbonyl (C=O) groups excluding carboxylic acids is 2. The molecule has 1 spiro atoms. The van der Waals surface area contributed by atoms with Crippen molar-refractivity contribution < 1.29 is 37.4 Å². The zero-order valence-corrected chi connectivity index (χ0v) is 17.9. The summed E-state index contributed by atoms with van der Waals surface area (Å²) in [6.07, 6.45) is 1.94. The van der Waals surface area contributed by atoms with E-state index in [9.17, 15) is 22.8 Å². The van der Waals surface area contributed by atoms with Crippen LogP contribution in [0.2, 0.25) is 0 Å². The van der Waals surface area contributed by atoms with E-state index in [1.807, 2.05) is 28.9 Å². The van der Waals surface area contributed by atoms with Crippen LogP contribution in [0.1, 0.15) is 38.2 Å². The number of hydrogen-bond acceptors (Lipinski definition) is 5. The Balaban J connectivity index is 0.000000451. The van der Waals surface area contributed by atoms with Gasteiger partial charge in [-0.15, -0.1) is 0 Å². The summed E-state index contributed by atoms with van der Waals surface area (Å²) in [5.74, 6) is -2.46. The normalized spacial score (nSPS) is 18.2. The molecule has 1 aromatic rings. The lowest BCUT2D eigenvalue weighted by atomic mass is 9.71. The van der Waals surface area contributed by atoms with Crippen molar-refractivity contribution >= 4 is 17.8 Å². The molecule has 0 radical (unpaired) electrons. The number of carboxylic acid groups (broad SMARTS) is 1. The van der Waals surface area contributed by atoms with E-state index < -0.39 is 12.1 Å². The zero-order chi connectivity index (χ0) is 23.8. The van der Waals surface area contributed by atoms with Crippen LogP contribution in [0.15, 0.2) is 24.5 Å². The third-order valence-electron chi connectivity index (χ3n) is 5.69. The second kappa shape index (κ2) is 11.3. The maximum atomic E-state index is 13.1. The molecular formula is C21H28F3N3O5. The Labute approximate surface area is 184 Å². The number of nitrogens with zero attached hydrogens (tertiary/aromatic N) is 3. The minimum atomic E-state index is -5.08. The van der Waals surface area contributed by atoms with Gasteiger partial charge in [-0.25, -0.2) is 4.79 Å². The number of aliphatic carboxylic acids is 1. The fraction of sp³-hybridized carbons (Fsp3) is 0.619. The van der Waals surface area contributed by atoms with Crippen LogP contribution < -0.4 is 0 Å². The smallest absolute Gasteiger partial charge is 0.475 e. The van der Waals surface area contributed by atoms with E-state index in [2.05, 4.69) is 4.98 Å². The Hall–Kier alpha value is -2.69. The standard InChI is InChI=1S/C19H27N3O3.C2HF3O2/c1-2-25-15-17(23)21-12-7-19(8-13-21)6-3-11-22(18(19)24)14-16-4-9-20-10-5-16;3-2(4,5)1(6)7/h4-5,9-10H,2-3,6-8,11-15H2,1H3;(H,6,7). The lowest BCUT2D eigenvalue weighted by molar-refractivity contribution is -0.192. The van der Waals surface area contributed by atoms with Crippen molar-refractivity contribution in [2.45, 2.75) is 45.3 Å². The highest BCUT2D eigenvalue weighted by Gasteiger charge is 2.46. The summed E-state index contributed by atoms with van der Waals surface area (Å²) < 4.78 is 37.0. The molecule has 178 valence electrons.